The van der Waals surface area contributed by atoms with E-state index in [2.05, 4.69) is 14.7 Å². The van der Waals surface area contributed by atoms with Crippen LogP contribution < -0.4 is 16.0 Å². The standard InChI is InChI=1S/C28H25ClN8O5S3/c1-42-34-20(21-23(29)45-28(32)33-21)19(38)7-17-25(39)37-22(27(40)41)15(12-44-26(17)37)8-35-4-2-13-3-5-36(18(13)10-35)9-16-6-14(11-43-16)24(30)31/h2-6,10-11,17,26H,7-9,12H2,1H3,(H5-,30,31,32,33,40,41)/p+1/b34-20+/t17-,26-/m1/s1. The Balaban J connectivity index is 1.21. The summed E-state index contributed by atoms with van der Waals surface area (Å²) >= 11 is 10.1. The van der Waals surface area contributed by atoms with E-state index in [1.165, 1.54) is 35.1 Å². The van der Waals surface area contributed by atoms with Gasteiger partial charge in [0.25, 0.3) is 0 Å². The number of Topliss-reactive ketones (excluding diaryl/α,β-unsaturated/α-hetero) is 1. The first-order chi connectivity index (χ1) is 21.5. The molecule has 2 atom stereocenters. The van der Waals surface area contributed by atoms with Crippen molar-refractivity contribution in [3.8, 4) is 0 Å². The number of carboxylic acid groups (broad SMARTS) is 1. The number of aromatic nitrogens is 3. The van der Waals surface area contributed by atoms with Gasteiger partial charge >= 0.3 is 5.97 Å². The van der Waals surface area contributed by atoms with Crippen LogP contribution in [-0.4, -0.2) is 67.0 Å². The van der Waals surface area contributed by atoms with Gasteiger partial charge in [0, 0.05) is 51.2 Å². The number of nitrogen functional groups attached to an aromatic ring is 2. The molecule has 0 unspecified atom stereocenters. The highest BCUT2D eigenvalue weighted by molar-refractivity contribution is 8.00. The van der Waals surface area contributed by atoms with Gasteiger partial charge in [-0.05, 0) is 12.1 Å². The number of nitrogens with zero attached hydrogens (tertiary/aromatic N) is 5. The number of amides is 1. The summed E-state index contributed by atoms with van der Waals surface area (Å²) in [5.41, 5.74) is 13.4. The van der Waals surface area contributed by atoms with Gasteiger partial charge in [-0.25, -0.2) is 9.78 Å². The number of fused-ring (bicyclic) bond motifs is 2. The van der Waals surface area contributed by atoms with Crippen molar-refractivity contribution >= 4 is 91.3 Å². The van der Waals surface area contributed by atoms with Crippen molar-refractivity contribution in [2.24, 2.45) is 16.8 Å². The van der Waals surface area contributed by atoms with Crippen LogP contribution in [-0.2, 0) is 32.3 Å². The van der Waals surface area contributed by atoms with Crippen molar-refractivity contribution < 1.29 is 28.9 Å². The number of hydrogen-bond donors (Lipinski definition) is 4. The first-order valence-corrected chi connectivity index (χ1v) is 16.5. The molecule has 4 aromatic rings. The monoisotopic (exact) mass is 685 g/mol. The molecule has 0 saturated carbocycles. The SMILES string of the molecule is CO/N=C(\C(=O)C[C@@H]1C(=O)N2C(C(=O)O)=C(C[n+]3ccc4ccn(Cc5cc(C(=N)N)cs5)c4c3)CS[C@H]12)c1nc(N)sc1Cl. The van der Waals surface area contributed by atoms with E-state index >= 15 is 0 Å². The first kappa shape index (κ1) is 30.8. The number of thiophene rings is 1. The topological polar surface area (TPSA) is 194 Å². The molecule has 6 heterocycles. The molecule has 45 heavy (non-hydrogen) atoms. The van der Waals surface area contributed by atoms with Crippen molar-refractivity contribution in [1.29, 1.82) is 5.41 Å². The Bertz CT molecular complexity index is 1950. The number of ketones is 1. The van der Waals surface area contributed by atoms with Crippen LogP contribution in [0.1, 0.15) is 22.6 Å². The van der Waals surface area contributed by atoms with Crippen molar-refractivity contribution in [3.05, 3.63) is 73.9 Å². The zero-order valence-corrected chi connectivity index (χ0v) is 26.8. The Morgan fingerprint density at radius 2 is 2.16 bits per heavy atom. The third-order valence-electron chi connectivity index (χ3n) is 7.48. The van der Waals surface area contributed by atoms with Gasteiger partial charge in [-0.2, -0.15) is 4.57 Å². The van der Waals surface area contributed by atoms with E-state index in [-0.39, 0.29) is 45.4 Å². The van der Waals surface area contributed by atoms with Crippen LogP contribution in [0.15, 0.2) is 58.6 Å². The van der Waals surface area contributed by atoms with Crippen LogP contribution >= 0.6 is 46.0 Å². The van der Waals surface area contributed by atoms with Crippen LogP contribution in [0.4, 0.5) is 5.13 Å². The lowest BCUT2D eigenvalue weighted by Gasteiger charge is -2.49. The predicted octanol–water partition coefficient (Wildman–Crippen LogP) is 2.89. The molecule has 2 aliphatic heterocycles. The molecule has 4 aromatic heterocycles. The average molecular weight is 686 g/mol. The maximum absolute atomic E-state index is 13.3. The third-order valence-corrected chi connectivity index (χ3v) is 10.9. The summed E-state index contributed by atoms with van der Waals surface area (Å²) in [6.07, 6.45) is 5.59. The molecule has 0 aliphatic carbocycles. The Kier molecular flexibility index (Phi) is 8.39. The number of oxime groups is 1. The van der Waals surface area contributed by atoms with Gasteiger partial charge in [-0.3, -0.25) is 19.9 Å². The number of pyridine rings is 1. The number of nitrogens with two attached hydrogens (primary N) is 2. The van der Waals surface area contributed by atoms with E-state index in [0.717, 1.165) is 27.1 Å². The number of carbonyl (C=O) groups excluding carboxylic acids is 2. The van der Waals surface area contributed by atoms with Crippen molar-refractivity contribution in [2.45, 2.75) is 24.9 Å². The smallest absolute Gasteiger partial charge is 0.352 e. The fourth-order valence-corrected chi connectivity index (χ4v) is 8.63. The number of rotatable bonds is 11. The Morgan fingerprint density at radius 1 is 1.36 bits per heavy atom. The van der Waals surface area contributed by atoms with Gasteiger partial charge in [0.05, 0.1) is 17.8 Å². The minimum atomic E-state index is -1.20. The average Bonchev–Trinajstić information content (AvgIpc) is 3.73. The molecule has 0 aromatic carbocycles. The first-order valence-electron chi connectivity index (χ1n) is 13.4. The molecule has 232 valence electrons. The predicted molar refractivity (Wildman–Crippen MR) is 173 cm³/mol. The minimum absolute atomic E-state index is 0.0252. The van der Waals surface area contributed by atoms with Gasteiger partial charge < -0.3 is 26.0 Å². The Hall–Kier alpha value is -4.25. The van der Waals surface area contributed by atoms with Crippen LogP contribution in [0, 0.1) is 11.3 Å². The number of thioether (sulfide) groups is 1. The molecule has 0 radical (unpaired) electrons. The van der Waals surface area contributed by atoms with Crippen molar-refractivity contribution in [1.82, 2.24) is 14.5 Å². The second-order valence-electron chi connectivity index (χ2n) is 10.3. The molecule has 1 amide bonds. The minimum Gasteiger partial charge on any atom is -0.477 e. The number of halogens is 1. The van der Waals surface area contributed by atoms with Gasteiger partial charge in [-0.15, -0.1) is 23.1 Å². The number of β-lactam (4-membered cyclic amide) rings is 1. The van der Waals surface area contributed by atoms with Crippen molar-refractivity contribution in [3.63, 3.8) is 0 Å². The third kappa shape index (κ3) is 5.81. The van der Waals surface area contributed by atoms with Gasteiger partial charge in [0.1, 0.15) is 34.2 Å². The maximum atomic E-state index is 13.3. The second-order valence-corrected chi connectivity index (χ2v) is 14.0. The summed E-state index contributed by atoms with van der Waals surface area (Å²) in [6, 6.07) is 5.86. The largest absolute Gasteiger partial charge is 0.477 e. The summed E-state index contributed by atoms with van der Waals surface area (Å²) in [4.78, 5) is 50.3. The van der Waals surface area contributed by atoms with Gasteiger partial charge in [0.2, 0.25) is 5.91 Å². The maximum Gasteiger partial charge on any atom is 0.352 e. The Labute approximate surface area is 273 Å². The second kappa shape index (κ2) is 12.3. The van der Waals surface area contributed by atoms with Crippen LogP contribution in [0.25, 0.3) is 10.9 Å². The number of aliphatic carboxylic acids is 1. The van der Waals surface area contributed by atoms with E-state index in [1.807, 2.05) is 46.7 Å². The molecule has 2 aliphatic rings. The van der Waals surface area contributed by atoms with Crippen LogP contribution in [0.5, 0.6) is 0 Å². The molecule has 1 fully saturated rings. The fraction of sp³-hybridized carbons (Fsp3) is 0.250. The number of carboxylic acids is 1. The number of thiazole rings is 1. The lowest BCUT2D eigenvalue weighted by Crippen LogP contribution is -2.62. The summed E-state index contributed by atoms with van der Waals surface area (Å²) in [5.74, 6) is -2.53. The van der Waals surface area contributed by atoms with E-state index in [0.29, 0.717) is 23.4 Å². The molecule has 0 bridgehead atoms. The molecule has 13 nitrogen and oxygen atoms in total. The fourth-order valence-electron chi connectivity index (χ4n) is 5.41. The summed E-state index contributed by atoms with van der Waals surface area (Å²) in [5, 5.41) is 24.1. The summed E-state index contributed by atoms with van der Waals surface area (Å²) < 4.78 is 4.15. The highest BCUT2D eigenvalue weighted by Crippen LogP contribution is 2.45. The van der Waals surface area contributed by atoms with E-state index < -0.39 is 29.0 Å². The van der Waals surface area contributed by atoms with E-state index in [1.54, 1.807) is 0 Å². The number of hydrogen-bond acceptors (Lipinski definition) is 11. The number of nitrogens with one attached hydrogen (secondary N) is 1. The Morgan fingerprint density at radius 3 is 2.82 bits per heavy atom. The summed E-state index contributed by atoms with van der Waals surface area (Å²) in [6.45, 7) is 0.852. The molecule has 1 saturated heterocycles. The zero-order valence-electron chi connectivity index (χ0n) is 23.6. The van der Waals surface area contributed by atoms with E-state index in [4.69, 9.17) is 33.3 Å². The number of amidine groups is 1. The lowest BCUT2D eigenvalue weighted by molar-refractivity contribution is -0.687. The zero-order chi connectivity index (χ0) is 32.0. The number of carbonyl (C=O) groups is 3. The highest BCUT2D eigenvalue weighted by Gasteiger charge is 2.54. The number of anilines is 1. The van der Waals surface area contributed by atoms with Crippen molar-refractivity contribution in [2.75, 3.05) is 18.6 Å². The van der Waals surface area contributed by atoms with Crippen LogP contribution in [0.3, 0.4) is 0 Å². The molecular weight excluding hydrogens is 660 g/mol. The normalized spacial score (nSPS) is 18.2. The molecule has 17 heteroatoms. The van der Waals surface area contributed by atoms with E-state index in [9.17, 15) is 19.5 Å². The van der Waals surface area contributed by atoms with Gasteiger partial charge in [-0.1, -0.05) is 28.1 Å². The van der Waals surface area contributed by atoms with Crippen LogP contribution in [0.2, 0.25) is 4.34 Å². The molecule has 6 rings (SSSR count). The highest BCUT2D eigenvalue weighted by atomic mass is 35.5. The lowest BCUT2D eigenvalue weighted by atomic mass is 9.89. The molecule has 0 spiro atoms. The van der Waals surface area contributed by atoms with Gasteiger partial charge in [0.15, 0.2) is 35.6 Å². The quantitative estimate of drug-likeness (QED) is 0.0604. The molecule has 6 N–H and O–H groups in total. The molecular formula is C28H26ClN8O5S3+. The summed E-state index contributed by atoms with van der Waals surface area (Å²) in [7, 11) is 1.28.